The van der Waals surface area contributed by atoms with E-state index in [0.717, 1.165) is 6.42 Å². The second kappa shape index (κ2) is 4.45. The van der Waals surface area contributed by atoms with Gasteiger partial charge in [0.05, 0.1) is 0 Å². The standard InChI is InChI=1S/C9H20N2O/c1-9(2,3)6-7(10)5-8(12)11-4/h7H,5-6,10H2,1-4H3,(H,11,12)/t7-/m0/s1. The Labute approximate surface area is 74.7 Å². The van der Waals surface area contributed by atoms with Crippen molar-refractivity contribution in [3.63, 3.8) is 0 Å². The highest BCUT2D eigenvalue weighted by Crippen LogP contribution is 2.20. The molecule has 0 aromatic rings. The van der Waals surface area contributed by atoms with Gasteiger partial charge in [-0.25, -0.2) is 0 Å². The number of hydrogen-bond donors (Lipinski definition) is 2. The Morgan fingerprint density at radius 3 is 2.33 bits per heavy atom. The van der Waals surface area contributed by atoms with Gasteiger partial charge in [0.1, 0.15) is 0 Å². The zero-order chi connectivity index (χ0) is 9.78. The summed E-state index contributed by atoms with van der Waals surface area (Å²) in [4.78, 5) is 10.9. The first kappa shape index (κ1) is 11.4. The number of hydrogen-bond acceptors (Lipinski definition) is 2. The molecule has 0 spiro atoms. The molecular formula is C9H20N2O. The molecule has 3 nitrogen and oxygen atoms in total. The quantitative estimate of drug-likeness (QED) is 0.664. The molecule has 0 radical (unpaired) electrons. The lowest BCUT2D eigenvalue weighted by Gasteiger charge is -2.22. The van der Waals surface area contributed by atoms with Crippen molar-refractivity contribution in [1.29, 1.82) is 0 Å². The van der Waals surface area contributed by atoms with Crippen LogP contribution in [-0.2, 0) is 4.79 Å². The van der Waals surface area contributed by atoms with Gasteiger partial charge in [0, 0.05) is 19.5 Å². The largest absolute Gasteiger partial charge is 0.359 e. The molecule has 0 aliphatic heterocycles. The van der Waals surface area contributed by atoms with Gasteiger partial charge in [0.25, 0.3) is 0 Å². The molecule has 0 saturated carbocycles. The Morgan fingerprint density at radius 2 is 2.00 bits per heavy atom. The molecule has 3 N–H and O–H groups in total. The molecule has 0 fully saturated rings. The summed E-state index contributed by atoms with van der Waals surface area (Å²) >= 11 is 0. The number of carbonyl (C=O) groups excluding carboxylic acids is 1. The summed E-state index contributed by atoms with van der Waals surface area (Å²) in [5.41, 5.74) is 5.98. The van der Waals surface area contributed by atoms with Crippen LogP contribution in [0.1, 0.15) is 33.6 Å². The Morgan fingerprint density at radius 1 is 1.50 bits per heavy atom. The SMILES string of the molecule is CNC(=O)C[C@H](N)CC(C)(C)C. The van der Waals surface area contributed by atoms with Crippen LogP contribution in [0, 0.1) is 5.41 Å². The summed E-state index contributed by atoms with van der Waals surface area (Å²) in [6, 6.07) is -0.0232. The third-order valence-corrected chi connectivity index (χ3v) is 1.60. The zero-order valence-electron chi connectivity index (χ0n) is 8.48. The summed E-state index contributed by atoms with van der Waals surface area (Å²) < 4.78 is 0. The van der Waals surface area contributed by atoms with Crippen molar-refractivity contribution in [3.8, 4) is 0 Å². The molecule has 0 heterocycles. The van der Waals surface area contributed by atoms with Crippen LogP contribution in [0.4, 0.5) is 0 Å². The van der Waals surface area contributed by atoms with Gasteiger partial charge >= 0.3 is 0 Å². The van der Waals surface area contributed by atoms with Crippen molar-refractivity contribution in [3.05, 3.63) is 0 Å². The molecule has 0 aromatic heterocycles. The molecule has 0 bridgehead atoms. The van der Waals surface area contributed by atoms with E-state index in [9.17, 15) is 4.79 Å². The second-order valence-corrected chi connectivity index (χ2v) is 4.40. The van der Waals surface area contributed by atoms with Gasteiger partial charge in [-0.15, -0.1) is 0 Å². The molecule has 72 valence electrons. The second-order valence-electron chi connectivity index (χ2n) is 4.40. The van der Waals surface area contributed by atoms with Crippen LogP contribution >= 0.6 is 0 Å². The number of amides is 1. The maximum Gasteiger partial charge on any atom is 0.221 e. The van der Waals surface area contributed by atoms with E-state index in [2.05, 4.69) is 26.1 Å². The molecule has 0 saturated heterocycles. The Balaban J connectivity index is 3.74. The van der Waals surface area contributed by atoms with Crippen molar-refractivity contribution in [2.45, 2.75) is 39.7 Å². The maximum absolute atomic E-state index is 10.9. The van der Waals surface area contributed by atoms with Crippen molar-refractivity contribution in [2.75, 3.05) is 7.05 Å². The molecule has 0 aliphatic rings. The van der Waals surface area contributed by atoms with E-state index in [1.807, 2.05) is 0 Å². The zero-order valence-corrected chi connectivity index (χ0v) is 8.48. The van der Waals surface area contributed by atoms with E-state index in [1.54, 1.807) is 7.05 Å². The van der Waals surface area contributed by atoms with E-state index in [4.69, 9.17) is 5.73 Å². The smallest absolute Gasteiger partial charge is 0.221 e. The van der Waals surface area contributed by atoms with Crippen LogP contribution in [0.25, 0.3) is 0 Å². The van der Waals surface area contributed by atoms with Crippen LogP contribution in [0.5, 0.6) is 0 Å². The molecule has 1 atom stereocenters. The van der Waals surface area contributed by atoms with Crippen LogP contribution in [0.3, 0.4) is 0 Å². The van der Waals surface area contributed by atoms with Crippen molar-refractivity contribution >= 4 is 5.91 Å². The number of rotatable bonds is 3. The van der Waals surface area contributed by atoms with Crippen LogP contribution in [-0.4, -0.2) is 19.0 Å². The normalized spacial score (nSPS) is 14.1. The summed E-state index contributed by atoms with van der Waals surface area (Å²) in [6.07, 6.45) is 1.30. The van der Waals surface area contributed by atoms with Gasteiger partial charge < -0.3 is 11.1 Å². The van der Waals surface area contributed by atoms with E-state index in [-0.39, 0.29) is 17.4 Å². The Bertz CT molecular complexity index is 149. The Hall–Kier alpha value is -0.570. The third kappa shape index (κ3) is 6.16. The lowest BCUT2D eigenvalue weighted by Crippen LogP contribution is -2.32. The molecule has 3 heteroatoms. The van der Waals surface area contributed by atoms with E-state index >= 15 is 0 Å². The first-order valence-corrected chi connectivity index (χ1v) is 4.31. The number of nitrogens with two attached hydrogens (primary N) is 1. The van der Waals surface area contributed by atoms with E-state index in [1.165, 1.54) is 0 Å². The molecule has 0 aromatic carbocycles. The van der Waals surface area contributed by atoms with Gasteiger partial charge in [0.2, 0.25) is 5.91 Å². The summed E-state index contributed by atoms with van der Waals surface area (Å²) in [5.74, 6) is 0.0201. The summed E-state index contributed by atoms with van der Waals surface area (Å²) in [6.45, 7) is 6.37. The summed E-state index contributed by atoms with van der Waals surface area (Å²) in [5, 5.41) is 2.56. The van der Waals surface area contributed by atoms with Gasteiger partial charge in [-0.3, -0.25) is 4.79 Å². The lowest BCUT2D eigenvalue weighted by molar-refractivity contribution is -0.121. The molecule has 1 amide bonds. The fourth-order valence-corrected chi connectivity index (χ4v) is 1.20. The topological polar surface area (TPSA) is 55.1 Å². The van der Waals surface area contributed by atoms with E-state index in [0.29, 0.717) is 6.42 Å². The highest BCUT2D eigenvalue weighted by atomic mass is 16.1. The molecule has 0 aliphatic carbocycles. The molecule has 0 unspecified atom stereocenters. The van der Waals surface area contributed by atoms with Crippen molar-refractivity contribution in [1.82, 2.24) is 5.32 Å². The van der Waals surface area contributed by atoms with Gasteiger partial charge in [-0.1, -0.05) is 20.8 Å². The predicted octanol–water partition coefficient (Wildman–Crippen LogP) is 0.886. The van der Waals surface area contributed by atoms with Gasteiger partial charge in [-0.2, -0.15) is 0 Å². The molecular weight excluding hydrogens is 152 g/mol. The monoisotopic (exact) mass is 172 g/mol. The van der Waals surface area contributed by atoms with Crippen molar-refractivity contribution in [2.24, 2.45) is 11.1 Å². The van der Waals surface area contributed by atoms with Crippen LogP contribution < -0.4 is 11.1 Å². The minimum absolute atomic E-state index is 0.0201. The average molecular weight is 172 g/mol. The lowest BCUT2D eigenvalue weighted by atomic mass is 9.87. The third-order valence-electron chi connectivity index (χ3n) is 1.60. The number of carbonyl (C=O) groups is 1. The van der Waals surface area contributed by atoms with Crippen LogP contribution in [0.2, 0.25) is 0 Å². The molecule has 0 rings (SSSR count). The minimum Gasteiger partial charge on any atom is -0.359 e. The van der Waals surface area contributed by atoms with Crippen molar-refractivity contribution < 1.29 is 4.79 Å². The van der Waals surface area contributed by atoms with Gasteiger partial charge in [0.15, 0.2) is 0 Å². The predicted molar refractivity (Wildman–Crippen MR) is 50.7 cm³/mol. The van der Waals surface area contributed by atoms with Crippen LogP contribution in [0.15, 0.2) is 0 Å². The first-order chi connectivity index (χ1) is 5.35. The van der Waals surface area contributed by atoms with Gasteiger partial charge in [-0.05, 0) is 11.8 Å². The fourth-order valence-electron chi connectivity index (χ4n) is 1.20. The molecule has 12 heavy (non-hydrogen) atoms. The Kier molecular flexibility index (Phi) is 4.24. The maximum atomic E-state index is 10.9. The first-order valence-electron chi connectivity index (χ1n) is 4.31. The number of nitrogens with one attached hydrogen (secondary N) is 1. The highest BCUT2D eigenvalue weighted by molar-refractivity contribution is 5.76. The highest BCUT2D eigenvalue weighted by Gasteiger charge is 2.17. The fraction of sp³-hybridized carbons (Fsp3) is 0.889. The summed E-state index contributed by atoms with van der Waals surface area (Å²) in [7, 11) is 1.63. The average Bonchev–Trinajstić information content (AvgIpc) is 1.82. The van der Waals surface area contributed by atoms with E-state index < -0.39 is 0 Å². The minimum atomic E-state index is -0.0232.